The van der Waals surface area contributed by atoms with Gasteiger partial charge in [0.15, 0.2) is 0 Å². The third kappa shape index (κ3) is 3.61. The molecule has 0 amide bonds. The number of hydrogen-bond acceptors (Lipinski definition) is 1. The Bertz CT molecular complexity index is 358. The van der Waals surface area contributed by atoms with Gasteiger partial charge in [-0.25, -0.2) is 4.39 Å². The van der Waals surface area contributed by atoms with E-state index in [4.69, 9.17) is 11.6 Å². The van der Waals surface area contributed by atoms with Crippen molar-refractivity contribution in [1.29, 1.82) is 0 Å². The molecule has 1 aromatic rings. The summed E-state index contributed by atoms with van der Waals surface area (Å²) in [6.07, 6.45) is 0. The summed E-state index contributed by atoms with van der Waals surface area (Å²) in [5.74, 6) is -2.04. The minimum absolute atomic E-state index is 0. The number of benzene rings is 1. The second kappa shape index (κ2) is 5.88. The molecule has 0 heterocycles. The van der Waals surface area contributed by atoms with Crippen LogP contribution in [-0.2, 0) is 0 Å². The van der Waals surface area contributed by atoms with E-state index in [9.17, 15) is 17.3 Å². The Hall–Kier alpha value is 0.731. The van der Waals surface area contributed by atoms with Gasteiger partial charge in [-0.1, -0.05) is 11.6 Å². The van der Waals surface area contributed by atoms with Crippen LogP contribution in [0.15, 0.2) is 12.1 Å². The van der Waals surface area contributed by atoms with Crippen LogP contribution in [0.2, 0.25) is 5.02 Å². The molecule has 0 saturated heterocycles. The third-order valence-corrected chi connectivity index (χ3v) is 1.93. The van der Waals surface area contributed by atoms with Crippen LogP contribution >= 0.6 is 11.6 Å². The summed E-state index contributed by atoms with van der Waals surface area (Å²) in [6, 6.07) is 2.00. The first kappa shape index (κ1) is 15.7. The second-order valence-corrected chi connectivity index (χ2v) is 2.96. The molecule has 0 fully saturated rings. The van der Waals surface area contributed by atoms with Gasteiger partial charge in [0, 0.05) is 0 Å². The fourth-order valence-electron chi connectivity index (χ4n) is 1.03. The van der Waals surface area contributed by atoms with Gasteiger partial charge >= 0.3 is 58.4 Å². The van der Waals surface area contributed by atoms with Gasteiger partial charge in [0.05, 0.1) is 17.9 Å². The monoisotopic (exact) mass is 266 g/mol. The summed E-state index contributed by atoms with van der Waals surface area (Å²) < 4.78 is 54.5. The Morgan fingerprint density at radius 1 is 1.27 bits per heavy atom. The zero-order valence-corrected chi connectivity index (χ0v) is 11.9. The van der Waals surface area contributed by atoms with E-state index in [0.29, 0.717) is 0 Å². The molecule has 78 valence electrons. The predicted octanol–water partition coefficient (Wildman–Crippen LogP) is -0.454. The number of hydrogen-bond donors (Lipinski definition) is 0. The molecule has 0 aliphatic carbocycles. The average Bonchev–Trinajstić information content (AvgIpc) is 2.07. The number of ether oxygens (including phenoxy) is 1. The smallest absolute Gasteiger partial charge is 0.500 e. The van der Waals surface area contributed by atoms with E-state index < -0.39 is 29.0 Å². The normalized spacial score (nSPS) is 10.8. The summed E-state index contributed by atoms with van der Waals surface area (Å²) in [7, 11) is 1.04. The van der Waals surface area contributed by atoms with Crippen LogP contribution < -0.4 is 61.6 Å². The number of halogens is 5. The van der Waals surface area contributed by atoms with Crippen LogP contribution in [0.3, 0.4) is 0 Å². The number of methoxy groups -OCH3 is 1. The first-order valence-electron chi connectivity index (χ1n) is 3.59. The Balaban J connectivity index is 0.00000196. The molecule has 0 spiro atoms. The summed E-state index contributed by atoms with van der Waals surface area (Å²) in [5, 5.41) is -0.569. The van der Waals surface area contributed by atoms with E-state index >= 15 is 0 Å². The standard InChI is InChI=1S/C7H5BClF4O.K/c1-14-5-3-2-4(9)7(10)6(5)8(11,12)13;/h2-3H,1H3;/q-1;+1. The van der Waals surface area contributed by atoms with Crippen molar-refractivity contribution >= 4 is 24.0 Å². The van der Waals surface area contributed by atoms with Crippen molar-refractivity contribution in [2.75, 3.05) is 7.11 Å². The van der Waals surface area contributed by atoms with Gasteiger partial charge in [0.2, 0.25) is 0 Å². The Morgan fingerprint density at radius 2 is 1.80 bits per heavy atom. The zero-order valence-electron chi connectivity index (χ0n) is 8.03. The first-order chi connectivity index (χ1) is 6.38. The summed E-state index contributed by atoms with van der Waals surface area (Å²) >= 11 is 5.23. The molecule has 0 N–H and O–H groups in total. The molecule has 0 radical (unpaired) electrons. The van der Waals surface area contributed by atoms with Crippen molar-refractivity contribution in [2.45, 2.75) is 0 Å². The zero-order chi connectivity index (χ0) is 10.9. The quantitative estimate of drug-likeness (QED) is 0.520. The summed E-state index contributed by atoms with van der Waals surface area (Å²) in [6.45, 7) is -5.47. The van der Waals surface area contributed by atoms with Crippen molar-refractivity contribution in [1.82, 2.24) is 0 Å². The molecule has 1 rings (SSSR count). The second-order valence-electron chi connectivity index (χ2n) is 2.55. The predicted molar refractivity (Wildman–Crippen MR) is 46.7 cm³/mol. The van der Waals surface area contributed by atoms with Crippen molar-refractivity contribution in [3.05, 3.63) is 23.0 Å². The van der Waals surface area contributed by atoms with Gasteiger partial charge in [0.1, 0.15) is 5.82 Å². The van der Waals surface area contributed by atoms with Gasteiger partial charge in [-0.05, 0) is 17.6 Å². The Morgan fingerprint density at radius 3 is 2.20 bits per heavy atom. The molecule has 0 aromatic heterocycles. The maximum Gasteiger partial charge on any atom is 1.00 e. The average molecular weight is 266 g/mol. The van der Waals surface area contributed by atoms with Crippen LogP contribution in [0.1, 0.15) is 0 Å². The largest absolute Gasteiger partial charge is 1.00 e. The van der Waals surface area contributed by atoms with Crippen LogP contribution in [-0.4, -0.2) is 14.1 Å². The van der Waals surface area contributed by atoms with Gasteiger partial charge in [-0.15, -0.1) is 0 Å². The molecule has 15 heavy (non-hydrogen) atoms. The fraction of sp³-hybridized carbons (Fsp3) is 0.143. The molecule has 1 nitrogen and oxygen atoms in total. The molecule has 1 aromatic carbocycles. The van der Waals surface area contributed by atoms with Crippen LogP contribution in [0.5, 0.6) is 5.75 Å². The Kier molecular flexibility index (Phi) is 6.17. The Labute approximate surface area is 132 Å². The maximum absolute atomic E-state index is 13.0. The van der Waals surface area contributed by atoms with Gasteiger partial charge in [-0.3, -0.25) is 0 Å². The molecule has 0 saturated carbocycles. The van der Waals surface area contributed by atoms with E-state index in [2.05, 4.69) is 4.74 Å². The molecular weight excluding hydrogens is 261 g/mol. The van der Waals surface area contributed by atoms with E-state index in [1.54, 1.807) is 0 Å². The molecule has 0 atom stereocenters. The molecule has 0 unspecified atom stereocenters. The molecule has 0 aliphatic rings. The van der Waals surface area contributed by atoms with E-state index in [1.165, 1.54) is 0 Å². The fourth-order valence-corrected chi connectivity index (χ4v) is 1.20. The number of rotatable bonds is 2. The van der Waals surface area contributed by atoms with Crippen LogP contribution in [0, 0.1) is 5.82 Å². The van der Waals surface area contributed by atoms with E-state index in [-0.39, 0.29) is 51.4 Å². The third-order valence-electron chi connectivity index (χ3n) is 1.64. The van der Waals surface area contributed by atoms with Gasteiger partial charge in [-0.2, -0.15) is 0 Å². The topological polar surface area (TPSA) is 9.23 Å². The van der Waals surface area contributed by atoms with E-state index in [1.807, 2.05) is 0 Å². The van der Waals surface area contributed by atoms with E-state index in [0.717, 1.165) is 19.2 Å². The summed E-state index contributed by atoms with van der Waals surface area (Å²) in [4.78, 5) is 0. The molecular formula is C7H5BClF4KO. The van der Waals surface area contributed by atoms with Crippen molar-refractivity contribution in [3.8, 4) is 5.75 Å². The SMILES string of the molecule is COc1ccc(Cl)c(F)c1[B-](F)(F)F.[K+]. The summed E-state index contributed by atoms with van der Waals surface area (Å²) in [5.41, 5.74) is -1.42. The van der Waals surface area contributed by atoms with Crippen LogP contribution in [0.4, 0.5) is 17.3 Å². The van der Waals surface area contributed by atoms with Crippen LogP contribution in [0.25, 0.3) is 0 Å². The van der Waals surface area contributed by atoms with Gasteiger partial charge in [0.25, 0.3) is 0 Å². The van der Waals surface area contributed by atoms with Crippen molar-refractivity contribution < 1.29 is 73.5 Å². The first-order valence-corrected chi connectivity index (χ1v) is 3.97. The minimum atomic E-state index is -5.47. The maximum atomic E-state index is 13.0. The molecule has 8 heteroatoms. The van der Waals surface area contributed by atoms with Crippen molar-refractivity contribution in [2.24, 2.45) is 0 Å². The minimum Gasteiger partial charge on any atom is -0.500 e. The molecule has 0 bridgehead atoms. The van der Waals surface area contributed by atoms with Crippen molar-refractivity contribution in [3.63, 3.8) is 0 Å². The molecule has 0 aliphatic heterocycles. The van der Waals surface area contributed by atoms with Gasteiger partial charge < -0.3 is 17.7 Å².